The Labute approximate surface area is 121 Å². The van der Waals surface area contributed by atoms with Gasteiger partial charge in [0.2, 0.25) is 0 Å². The minimum Gasteiger partial charge on any atom is -0.485 e. The summed E-state index contributed by atoms with van der Waals surface area (Å²) < 4.78 is 11.6. The second-order valence-corrected chi connectivity index (χ2v) is 5.17. The molecule has 6 nitrogen and oxygen atoms in total. The van der Waals surface area contributed by atoms with Crippen molar-refractivity contribution >= 4 is 0 Å². The van der Waals surface area contributed by atoms with Gasteiger partial charge in [0.05, 0.1) is 11.3 Å². The summed E-state index contributed by atoms with van der Waals surface area (Å²) in [4.78, 5) is 19.5. The van der Waals surface area contributed by atoms with E-state index in [1.54, 1.807) is 0 Å². The van der Waals surface area contributed by atoms with Crippen LogP contribution in [0.15, 0.2) is 29.1 Å². The minimum absolute atomic E-state index is 0.0929. The zero-order chi connectivity index (χ0) is 14.2. The highest BCUT2D eigenvalue weighted by atomic mass is 16.6. The van der Waals surface area contributed by atoms with E-state index in [0.717, 1.165) is 30.0 Å². The summed E-state index contributed by atoms with van der Waals surface area (Å²) in [5, 5.41) is 3.18. The van der Waals surface area contributed by atoms with E-state index in [1.165, 1.54) is 0 Å². The lowest BCUT2D eigenvalue weighted by Crippen LogP contribution is -2.34. The fraction of sp³-hybridized carbons (Fsp3) is 0.333. The molecule has 1 unspecified atom stereocenters. The van der Waals surface area contributed by atoms with Crippen LogP contribution in [-0.4, -0.2) is 23.1 Å². The van der Waals surface area contributed by atoms with E-state index in [9.17, 15) is 4.79 Å². The lowest BCUT2D eigenvalue weighted by molar-refractivity contribution is 0.0846. The van der Waals surface area contributed by atoms with Crippen LogP contribution in [0.1, 0.15) is 23.2 Å². The first kappa shape index (κ1) is 12.4. The molecule has 1 aromatic heterocycles. The number of fused-ring (bicyclic) bond motifs is 2. The number of hydrogen-bond acceptors (Lipinski definition) is 5. The Morgan fingerprint density at radius 2 is 2.10 bits per heavy atom. The zero-order valence-electron chi connectivity index (χ0n) is 11.4. The lowest BCUT2D eigenvalue weighted by Gasteiger charge is -2.26. The van der Waals surface area contributed by atoms with Gasteiger partial charge < -0.3 is 19.8 Å². The van der Waals surface area contributed by atoms with Crippen molar-refractivity contribution in [2.45, 2.75) is 19.1 Å². The van der Waals surface area contributed by atoms with Gasteiger partial charge in [0, 0.05) is 19.5 Å². The van der Waals surface area contributed by atoms with Gasteiger partial charge >= 0.3 is 0 Å². The van der Waals surface area contributed by atoms with E-state index in [1.807, 2.05) is 24.3 Å². The van der Waals surface area contributed by atoms with Crippen molar-refractivity contribution in [1.82, 2.24) is 15.3 Å². The summed E-state index contributed by atoms with van der Waals surface area (Å²) in [6.07, 6.45) is 0.379. The third kappa shape index (κ3) is 2.17. The Morgan fingerprint density at radius 1 is 1.24 bits per heavy atom. The first-order chi connectivity index (χ1) is 10.3. The molecular weight excluding hydrogens is 270 g/mol. The third-order valence-corrected chi connectivity index (χ3v) is 3.77. The number of nitrogens with one attached hydrogen (secondary N) is 2. The first-order valence-corrected chi connectivity index (χ1v) is 7.02. The van der Waals surface area contributed by atoms with Crippen LogP contribution in [0.4, 0.5) is 0 Å². The van der Waals surface area contributed by atoms with Crippen LogP contribution in [0.3, 0.4) is 0 Å². The molecule has 4 rings (SSSR count). The SMILES string of the molecule is O=c1[nH]c(C2COc3ccccc3O2)nc2c1CNCC2. The third-order valence-electron chi connectivity index (χ3n) is 3.77. The van der Waals surface area contributed by atoms with Crippen molar-refractivity contribution in [3.05, 3.63) is 51.7 Å². The maximum Gasteiger partial charge on any atom is 0.255 e. The van der Waals surface area contributed by atoms with E-state index < -0.39 is 0 Å². The second-order valence-electron chi connectivity index (χ2n) is 5.17. The molecule has 0 bridgehead atoms. The molecule has 2 aliphatic heterocycles. The molecule has 0 saturated carbocycles. The number of nitrogens with zero attached hydrogens (tertiary/aromatic N) is 1. The number of para-hydroxylation sites is 2. The molecule has 0 saturated heterocycles. The molecule has 0 aliphatic carbocycles. The number of hydrogen-bond donors (Lipinski definition) is 2. The number of aromatic nitrogens is 2. The fourth-order valence-corrected chi connectivity index (χ4v) is 2.68. The monoisotopic (exact) mass is 285 g/mol. The van der Waals surface area contributed by atoms with Gasteiger partial charge in [-0.05, 0) is 12.1 Å². The van der Waals surface area contributed by atoms with Gasteiger partial charge in [0.1, 0.15) is 6.61 Å². The van der Waals surface area contributed by atoms with Crippen LogP contribution < -0.4 is 20.3 Å². The molecule has 6 heteroatoms. The quantitative estimate of drug-likeness (QED) is 0.815. The van der Waals surface area contributed by atoms with E-state index in [0.29, 0.717) is 24.7 Å². The van der Waals surface area contributed by atoms with Crippen molar-refractivity contribution in [3.8, 4) is 11.5 Å². The molecule has 2 aliphatic rings. The van der Waals surface area contributed by atoms with Crippen LogP contribution in [0.2, 0.25) is 0 Å². The number of aromatic amines is 1. The predicted molar refractivity (Wildman–Crippen MR) is 75.6 cm³/mol. The Kier molecular flexibility index (Phi) is 2.89. The van der Waals surface area contributed by atoms with Crippen molar-refractivity contribution in [2.75, 3.05) is 13.2 Å². The van der Waals surface area contributed by atoms with Gasteiger partial charge in [0.15, 0.2) is 23.4 Å². The summed E-state index contributed by atoms with van der Waals surface area (Å²) in [5.41, 5.74) is 1.49. The molecule has 3 heterocycles. The molecule has 0 radical (unpaired) electrons. The zero-order valence-corrected chi connectivity index (χ0v) is 11.4. The van der Waals surface area contributed by atoms with Crippen LogP contribution in [-0.2, 0) is 13.0 Å². The Morgan fingerprint density at radius 3 is 3.00 bits per heavy atom. The first-order valence-electron chi connectivity index (χ1n) is 7.02. The van der Waals surface area contributed by atoms with Gasteiger partial charge in [-0.1, -0.05) is 12.1 Å². The van der Waals surface area contributed by atoms with Crippen LogP contribution >= 0.6 is 0 Å². The Bertz CT molecular complexity index is 741. The van der Waals surface area contributed by atoms with Crippen LogP contribution in [0.5, 0.6) is 11.5 Å². The lowest BCUT2D eigenvalue weighted by atomic mass is 10.1. The maximum absolute atomic E-state index is 12.1. The van der Waals surface area contributed by atoms with Crippen LogP contribution in [0, 0.1) is 0 Å². The molecule has 0 amide bonds. The normalized spacial score (nSPS) is 19.9. The fourth-order valence-electron chi connectivity index (χ4n) is 2.68. The molecule has 1 atom stereocenters. The van der Waals surface area contributed by atoms with Crippen molar-refractivity contribution in [2.24, 2.45) is 0 Å². The summed E-state index contributed by atoms with van der Waals surface area (Å²) in [7, 11) is 0. The summed E-state index contributed by atoms with van der Waals surface area (Å²) in [5.74, 6) is 1.93. The molecule has 0 fully saturated rings. The maximum atomic E-state index is 12.1. The molecule has 2 N–H and O–H groups in total. The van der Waals surface area contributed by atoms with E-state index >= 15 is 0 Å². The molecule has 2 aromatic rings. The number of H-pyrrole nitrogens is 1. The van der Waals surface area contributed by atoms with Crippen molar-refractivity contribution < 1.29 is 9.47 Å². The predicted octanol–water partition coefficient (Wildman–Crippen LogP) is 0.928. The summed E-state index contributed by atoms with van der Waals surface area (Å²) in [6, 6.07) is 7.50. The number of ether oxygens (including phenoxy) is 2. The minimum atomic E-state index is -0.382. The van der Waals surface area contributed by atoms with Crippen LogP contribution in [0.25, 0.3) is 0 Å². The number of benzene rings is 1. The highest BCUT2D eigenvalue weighted by Gasteiger charge is 2.26. The highest BCUT2D eigenvalue weighted by molar-refractivity contribution is 5.41. The average molecular weight is 285 g/mol. The van der Waals surface area contributed by atoms with Gasteiger partial charge in [-0.2, -0.15) is 0 Å². The highest BCUT2D eigenvalue weighted by Crippen LogP contribution is 2.34. The molecule has 1 aromatic carbocycles. The van der Waals surface area contributed by atoms with Gasteiger partial charge in [-0.25, -0.2) is 4.98 Å². The molecule has 0 spiro atoms. The standard InChI is InChI=1S/C15H15N3O3/c19-15-9-7-16-6-5-10(9)17-14(18-15)13-8-20-11-3-1-2-4-12(11)21-13/h1-4,13,16H,5-8H2,(H,17,18,19). The molecule has 21 heavy (non-hydrogen) atoms. The van der Waals surface area contributed by atoms with E-state index in [2.05, 4.69) is 15.3 Å². The van der Waals surface area contributed by atoms with E-state index in [4.69, 9.17) is 9.47 Å². The smallest absolute Gasteiger partial charge is 0.255 e. The average Bonchev–Trinajstić information content (AvgIpc) is 2.54. The summed E-state index contributed by atoms with van der Waals surface area (Å²) >= 11 is 0. The largest absolute Gasteiger partial charge is 0.485 e. The van der Waals surface area contributed by atoms with Gasteiger partial charge in [-0.3, -0.25) is 4.79 Å². The van der Waals surface area contributed by atoms with Crippen molar-refractivity contribution in [1.29, 1.82) is 0 Å². The number of rotatable bonds is 1. The Hall–Kier alpha value is -2.34. The van der Waals surface area contributed by atoms with Gasteiger partial charge in [0.25, 0.3) is 5.56 Å². The molecule has 108 valence electrons. The summed E-state index contributed by atoms with van der Waals surface area (Å²) in [6.45, 7) is 1.76. The van der Waals surface area contributed by atoms with Gasteiger partial charge in [-0.15, -0.1) is 0 Å². The van der Waals surface area contributed by atoms with E-state index in [-0.39, 0.29) is 11.7 Å². The Balaban J connectivity index is 1.69. The topological polar surface area (TPSA) is 76.2 Å². The van der Waals surface area contributed by atoms with Crippen molar-refractivity contribution in [3.63, 3.8) is 0 Å². The second kappa shape index (κ2) is 4.89. The molecular formula is C15H15N3O3.